The van der Waals surface area contributed by atoms with Crippen LogP contribution < -0.4 is 0 Å². The molecule has 0 bridgehead atoms. The Kier molecular flexibility index (Phi) is 6.61. The lowest BCUT2D eigenvalue weighted by atomic mass is 9.92. The lowest BCUT2D eigenvalue weighted by Gasteiger charge is -2.36. The Hall–Kier alpha value is -0.530. The molecule has 0 aromatic rings. The van der Waals surface area contributed by atoms with Gasteiger partial charge in [0.15, 0.2) is 0 Å². The summed E-state index contributed by atoms with van der Waals surface area (Å²) in [5, 5.41) is 0. The van der Waals surface area contributed by atoms with Gasteiger partial charge >= 0.3 is 0 Å². The van der Waals surface area contributed by atoms with Crippen LogP contribution in [-0.2, 0) is 4.79 Å². The third-order valence-corrected chi connectivity index (χ3v) is 4.10. The van der Waals surface area contributed by atoms with Gasteiger partial charge in [0.2, 0.25) is 5.91 Å². The van der Waals surface area contributed by atoms with Gasteiger partial charge in [0.05, 0.1) is 0 Å². The third-order valence-electron chi connectivity index (χ3n) is 4.10. The van der Waals surface area contributed by atoms with E-state index in [1.165, 1.54) is 32.1 Å². The summed E-state index contributed by atoms with van der Waals surface area (Å²) in [5.41, 5.74) is 0. The van der Waals surface area contributed by atoms with E-state index >= 15 is 0 Å². The molecule has 1 fully saturated rings. The van der Waals surface area contributed by atoms with Crippen LogP contribution in [0, 0.1) is 5.92 Å². The van der Waals surface area contributed by atoms with Gasteiger partial charge in [-0.2, -0.15) is 0 Å². The van der Waals surface area contributed by atoms with Crippen LogP contribution in [0.2, 0.25) is 0 Å². The lowest BCUT2D eigenvalue weighted by molar-refractivity contribution is -0.138. The number of nitrogens with zero attached hydrogens (tertiary/aromatic N) is 1. The Morgan fingerprint density at radius 2 is 1.71 bits per heavy atom. The van der Waals surface area contributed by atoms with Crippen molar-refractivity contribution in [2.75, 3.05) is 6.54 Å². The van der Waals surface area contributed by atoms with E-state index in [-0.39, 0.29) is 5.92 Å². The molecule has 0 unspecified atom stereocenters. The summed E-state index contributed by atoms with van der Waals surface area (Å²) in [6.07, 6.45) is 9.49. The lowest BCUT2D eigenvalue weighted by Crippen LogP contribution is -2.44. The molecule has 1 aliphatic carbocycles. The largest absolute Gasteiger partial charge is 0.339 e. The average Bonchev–Trinajstić information content (AvgIpc) is 2.38. The zero-order chi connectivity index (χ0) is 12.7. The fourth-order valence-electron chi connectivity index (χ4n) is 2.98. The molecule has 0 radical (unpaired) electrons. The maximum absolute atomic E-state index is 12.5. The monoisotopic (exact) mass is 239 g/mol. The molecule has 0 N–H and O–H groups in total. The summed E-state index contributed by atoms with van der Waals surface area (Å²) in [7, 11) is 0. The van der Waals surface area contributed by atoms with Gasteiger partial charge in [-0.3, -0.25) is 4.79 Å². The number of hydrogen-bond donors (Lipinski definition) is 0. The average molecular weight is 239 g/mol. The normalized spacial score (nSPS) is 17.4. The maximum atomic E-state index is 12.5. The molecule has 1 aliphatic rings. The standard InChI is InChI=1S/C15H29NO/c1-4-12-16(14-10-8-7-9-11-14)15(17)13(5-2)6-3/h13-14H,4-12H2,1-3H3. The molecule has 0 heterocycles. The maximum Gasteiger partial charge on any atom is 0.225 e. The molecule has 0 saturated heterocycles. The van der Waals surface area contributed by atoms with Crippen molar-refractivity contribution in [1.82, 2.24) is 4.90 Å². The molecule has 2 heteroatoms. The van der Waals surface area contributed by atoms with E-state index in [1.54, 1.807) is 0 Å². The minimum absolute atomic E-state index is 0.253. The summed E-state index contributed by atoms with van der Waals surface area (Å²) in [5.74, 6) is 0.673. The third kappa shape index (κ3) is 4.01. The van der Waals surface area contributed by atoms with Crippen molar-refractivity contribution < 1.29 is 4.79 Å². The Bertz CT molecular complexity index is 217. The summed E-state index contributed by atoms with van der Waals surface area (Å²) in [6.45, 7) is 7.41. The Morgan fingerprint density at radius 3 is 2.18 bits per heavy atom. The first-order valence-corrected chi connectivity index (χ1v) is 7.55. The van der Waals surface area contributed by atoms with Crippen LogP contribution in [0.5, 0.6) is 0 Å². The second-order valence-corrected chi connectivity index (χ2v) is 5.34. The van der Waals surface area contributed by atoms with Gasteiger partial charge in [-0.15, -0.1) is 0 Å². The highest BCUT2D eigenvalue weighted by molar-refractivity contribution is 5.79. The van der Waals surface area contributed by atoms with E-state index in [0.717, 1.165) is 25.8 Å². The zero-order valence-electron chi connectivity index (χ0n) is 11.9. The number of rotatable bonds is 6. The van der Waals surface area contributed by atoms with Gasteiger partial charge in [-0.05, 0) is 32.1 Å². The molecule has 17 heavy (non-hydrogen) atoms. The summed E-state index contributed by atoms with van der Waals surface area (Å²) in [6, 6.07) is 0.539. The zero-order valence-corrected chi connectivity index (χ0v) is 11.9. The van der Waals surface area contributed by atoms with Crippen LogP contribution in [0.25, 0.3) is 0 Å². The number of carbonyl (C=O) groups is 1. The molecule has 1 saturated carbocycles. The minimum atomic E-state index is 0.253. The van der Waals surface area contributed by atoms with Gasteiger partial charge in [-0.1, -0.05) is 40.0 Å². The van der Waals surface area contributed by atoms with Crippen LogP contribution in [0.3, 0.4) is 0 Å². The summed E-state index contributed by atoms with van der Waals surface area (Å²) < 4.78 is 0. The van der Waals surface area contributed by atoms with Gasteiger partial charge in [0, 0.05) is 18.5 Å². The van der Waals surface area contributed by atoms with Crippen LogP contribution >= 0.6 is 0 Å². The van der Waals surface area contributed by atoms with E-state index in [0.29, 0.717) is 11.9 Å². The number of carbonyl (C=O) groups excluding carboxylic acids is 1. The fraction of sp³-hybridized carbons (Fsp3) is 0.933. The molecule has 0 aliphatic heterocycles. The van der Waals surface area contributed by atoms with E-state index in [9.17, 15) is 4.79 Å². The second-order valence-electron chi connectivity index (χ2n) is 5.34. The SMILES string of the molecule is CCCN(C(=O)C(CC)CC)C1CCCCC1. The molecule has 2 nitrogen and oxygen atoms in total. The highest BCUT2D eigenvalue weighted by Gasteiger charge is 2.28. The molecule has 1 rings (SSSR count). The Balaban J connectivity index is 2.65. The molecular formula is C15H29NO. The van der Waals surface area contributed by atoms with Gasteiger partial charge < -0.3 is 4.90 Å². The highest BCUT2D eigenvalue weighted by atomic mass is 16.2. The smallest absolute Gasteiger partial charge is 0.225 e. The predicted molar refractivity (Wildman–Crippen MR) is 72.9 cm³/mol. The first-order chi connectivity index (χ1) is 8.24. The van der Waals surface area contributed by atoms with Crippen molar-refractivity contribution in [1.29, 1.82) is 0 Å². The molecule has 0 aromatic carbocycles. The van der Waals surface area contributed by atoms with E-state index in [2.05, 4.69) is 25.7 Å². The highest BCUT2D eigenvalue weighted by Crippen LogP contribution is 2.25. The number of hydrogen-bond acceptors (Lipinski definition) is 1. The fourth-order valence-corrected chi connectivity index (χ4v) is 2.98. The molecule has 0 atom stereocenters. The van der Waals surface area contributed by atoms with Crippen molar-refractivity contribution in [3.8, 4) is 0 Å². The molecule has 0 spiro atoms. The Morgan fingerprint density at radius 1 is 1.12 bits per heavy atom. The van der Waals surface area contributed by atoms with Crippen molar-refractivity contribution in [2.24, 2.45) is 5.92 Å². The van der Waals surface area contributed by atoms with Crippen LogP contribution in [0.4, 0.5) is 0 Å². The summed E-state index contributed by atoms with van der Waals surface area (Å²) >= 11 is 0. The molecule has 100 valence electrons. The van der Waals surface area contributed by atoms with Crippen molar-refractivity contribution in [2.45, 2.75) is 78.2 Å². The van der Waals surface area contributed by atoms with Gasteiger partial charge in [-0.25, -0.2) is 0 Å². The quantitative estimate of drug-likeness (QED) is 0.686. The molecule has 0 aromatic heterocycles. The Labute approximate surface area is 107 Å². The van der Waals surface area contributed by atoms with Crippen LogP contribution in [-0.4, -0.2) is 23.4 Å². The predicted octanol–water partition coefficient (Wildman–Crippen LogP) is 3.99. The first kappa shape index (κ1) is 14.5. The van der Waals surface area contributed by atoms with Gasteiger partial charge in [0.1, 0.15) is 0 Å². The molecular weight excluding hydrogens is 210 g/mol. The topological polar surface area (TPSA) is 20.3 Å². The molecule has 1 amide bonds. The van der Waals surface area contributed by atoms with E-state index in [1.807, 2.05) is 0 Å². The van der Waals surface area contributed by atoms with E-state index < -0.39 is 0 Å². The van der Waals surface area contributed by atoms with Crippen molar-refractivity contribution in [3.63, 3.8) is 0 Å². The minimum Gasteiger partial charge on any atom is -0.339 e. The van der Waals surface area contributed by atoms with E-state index in [4.69, 9.17) is 0 Å². The summed E-state index contributed by atoms with van der Waals surface area (Å²) in [4.78, 5) is 14.7. The first-order valence-electron chi connectivity index (χ1n) is 7.55. The second kappa shape index (κ2) is 7.73. The van der Waals surface area contributed by atoms with Crippen molar-refractivity contribution in [3.05, 3.63) is 0 Å². The van der Waals surface area contributed by atoms with Crippen LogP contribution in [0.15, 0.2) is 0 Å². The van der Waals surface area contributed by atoms with Crippen molar-refractivity contribution >= 4 is 5.91 Å². The number of amides is 1. The van der Waals surface area contributed by atoms with Crippen LogP contribution in [0.1, 0.15) is 72.1 Å². The van der Waals surface area contributed by atoms with Gasteiger partial charge in [0.25, 0.3) is 0 Å².